The number of hydrogen-bond acceptors (Lipinski definition) is 4. The zero-order chi connectivity index (χ0) is 14.7. The number of carboxylic acid groups (broad SMARTS) is 1. The molecule has 4 N–H and O–H groups in total. The number of aromatic nitrogens is 4. The van der Waals surface area contributed by atoms with Crippen molar-refractivity contribution >= 4 is 23.4 Å². The van der Waals surface area contributed by atoms with Crippen LogP contribution in [0.1, 0.15) is 11.4 Å². The number of carboxylic acids is 1. The molecule has 0 aliphatic carbocycles. The highest BCUT2D eigenvalue weighted by molar-refractivity contribution is 6.00. The third-order valence-corrected chi connectivity index (χ3v) is 2.56. The molecule has 0 aliphatic heterocycles. The van der Waals surface area contributed by atoms with Crippen molar-refractivity contribution in [3.8, 4) is 0 Å². The van der Waals surface area contributed by atoms with Gasteiger partial charge in [-0.25, -0.2) is 4.79 Å². The number of H-pyrrole nitrogens is 1. The molecule has 0 saturated carbocycles. The highest BCUT2D eigenvalue weighted by atomic mass is 16.4. The highest BCUT2D eigenvalue weighted by Gasteiger charge is 2.11. The number of aromatic amines is 1. The van der Waals surface area contributed by atoms with Crippen molar-refractivity contribution in [1.82, 2.24) is 20.0 Å². The summed E-state index contributed by atoms with van der Waals surface area (Å²) in [6, 6.07) is -0.451. The predicted octanol–water partition coefficient (Wildman–Crippen LogP) is 0.952. The average molecular weight is 278 g/mol. The minimum Gasteiger partial charge on any atom is -0.480 e. The zero-order valence-corrected chi connectivity index (χ0v) is 11.0. The van der Waals surface area contributed by atoms with Gasteiger partial charge in [-0.3, -0.25) is 14.6 Å². The molecule has 2 aromatic heterocycles. The number of nitrogens with one attached hydrogen (secondary N) is 3. The van der Waals surface area contributed by atoms with Crippen LogP contribution in [-0.4, -0.2) is 37.1 Å². The van der Waals surface area contributed by atoms with Crippen molar-refractivity contribution in [2.24, 2.45) is 0 Å². The van der Waals surface area contributed by atoms with Gasteiger partial charge in [-0.15, -0.1) is 0 Å². The van der Waals surface area contributed by atoms with E-state index in [1.54, 1.807) is 13.8 Å². The molecule has 0 aliphatic rings. The summed E-state index contributed by atoms with van der Waals surface area (Å²) in [5.74, 6) is -1.01. The van der Waals surface area contributed by atoms with E-state index in [1.165, 1.54) is 17.1 Å². The van der Waals surface area contributed by atoms with Gasteiger partial charge in [-0.2, -0.15) is 10.2 Å². The standard InChI is InChI=1S/C11H14N6O3/c1-6-10(7(2)16-15-6)14-11(20)13-8-3-12-17(4-8)5-9(18)19/h3-4H,5H2,1-2H3,(H,15,16)(H,18,19)(H2,13,14,20). The van der Waals surface area contributed by atoms with E-state index >= 15 is 0 Å². The number of aliphatic carboxylic acids is 1. The van der Waals surface area contributed by atoms with Crippen LogP contribution in [0.2, 0.25) is 0 Å². The van der Waals surface area contributed by atoms with Crippen molar-refractivity contribution in [1.29, 1.82) is 0 Å². The number of carbonyl (C=O) groups is 2. The summed E-state index contributed by atoms with van der Waals surface area (Å²) < 4.78 is 1.21. The van der Waals surface area contributed by atoms with Gasteiger partial charge in [-0.05, 0) is 13.8 Å². The van der Waals surface area contributed by atoms with Gasteiger partial charge in [0.25, 0.3) is 0 Å². The summed E-state index contributed by atoms with van der Waals surface area (Å²) in [6.07, 6.45) is 2.81. The second-order valence-electron chi connectivity index (χ2n) is 4.21. The van der Waals surface area contributed by atoms with Gasteiger partial charge in [0.05, 0.1) is 29.0 Å². The molecule has 0 radical (unpaired) electrons. The van der Waals surface area contributed by atoms with Crippen molar-refractivity contribution in [2.75, 3.05) is 10.6 Å². The fourth-order valence-electron chi connectivity index (χ4n) is 1.66. The molecule has 0 unspecified atom stereocenters. The Morgan fingerprint density at radius 3 is 2.75 bits per heavy atom. The van der Waals surface area contributed by atoms with Crippen molar-refractivity contribution in [3.05, 3.63) is 23.8 Å². The Hall–Kier alpha value is -2.84. The van der Waals surface area contributed by atoms with Crippen LogP contribution in [0.3, 0.4) is 0 Å². The Morgan fingerprint density at radius 1 is 1.40 bits per heavy atom. The molecule has 20 heavy (non-hydrogen) atoms. The lowest BCUT2D eigenvalue weighted by atomic mass is 10.3. The van der Waals surface area contributed by atoms with Gasteiger partial charge in [0.1, 0.15) is 6.54 Å². The van der Waals surface area contributed by atoms with Crippen molar-refractivity contribution < 1.29 is 14.7 Å². The van der Waals surface area contributed by atoms with Gasteiger partial charge in [-0.1, -0.05) is 0 Å². The Morgan fingerprint density at radius 2 is 2.15 bits per heavy atom. The fourth-order valence-corrected chi connectivity index (χ4v) is 1.66. The number of hydrogen-bond donors (Lipinski definition) is 4. The fraction of sp³-hybridized carbons (Fsp3) is 0.273. The van der Waals surface area contributed by atoms with Crippen LogP contribution < -0.4 is 10.6 Å². The van der Waals surface area contributed by atoms with Crippen molar-refractivity contribution in [2.45, 2.75) is 20.4 Å². The van der Waals surface area contributed by atoms with Gasteiger partial charge < -0.3 is 15.7 Å². The SMILES string of the molecule is Cc1n[nH]c(C)c1NC(=O)Nc1cnn(CC(=O)O)c1. The first-order valence-corrected chi connectivity index (χ1v) is 5.79. The lowest BCUT2D eigenvalue weighted by Gasteiger charge is -2.05. The summed E-state index contributed by atoms with van der Waals surface area (Å²) >= 11 is 0. The van der Waals surface area contributed by atoms with E-state index in [2.05, 4.69) is 25.9 Å². The number of anilines is 2. The van der Waals surface area contributed by atoms with E-state index in [9.17, 15) is 9.59 Å². The first kappa shape index (κ1) is 13.6. The maximum atomic E-state index is 11.8. The van der Waals surface area contributed by atoms with E-state index in [0.29, 0.717) is 17.1 Å². The van der Waals surface area contributed by atoms with Gasteiger partial charge >= 0.3 is 12.0 Å². The van der Waals surface area contributed by atoms with Crippen LogP contribution in [0.5, 0.6) is 0 Å². The van der Waals surface area contributed by atoms with Crippen LogP contribution in [0, 0.1) is 13.8 Å². The Labute approximate surface area is 114 Å². The van der Waals surface area contributed by atoms with E-state index < -0.39 is 12.0 Å². The summed E-state index contributed by atoms with van der Waals surface area (Å²) in [4.78, 5) is 22.3. The second-order valence-corrected chi connectivity index (χ2v) is 4.21. The largest absolute Gasteiger partial charge is 0.480 e. The Kier molecular flexibility index (Phi) is 3.69. The lowest BCUT2D eigenvalue weighted by Crippen LogP contribution is -2.19. The quantitative estimate of drug-likeness (QED) is 0.662. The summed E-state index contributed by atoms with van der Waals surface area (Å²) in [5, 5.41) is 24.4. The number of urea groups is 1. The summed E-state index contributed by atoms with van der Waals surface area (Å²) in [7, 11) is 0. The molecule has 2 heterocycles. The first-order valence-electron chi connectivity index (χ1n) is 5.79. The monoisotopic (exact) mass is 278 g/mol. The molecule has 0 spiro atoms. The molecule has 2 amide bonds. The molecular formula is C11H14N6O3. The number of amides is 2. The normalized spacial score (nSPS) is 10.3. The summed E-state index contributed by atoms with van der Waals surface area (Å²) in [5.41, 5.74) is 2.45. The van der Waals surface area contributed by atoms with Crippen LogP contribution in [0.15, 0.2) is 12.4 Å². The smallest absolute Gasteiger partial charge is 0.325 e. The summed E-state index contributed by atoms with van der Waals surface area (Å²) in [6.45, 7) is 3.30. The molecule has 9 heteroatoms. The number of carbonyl (C=O) groups excluding carboxylic acids is 1. The number of aryl methyl sites for hydroxylation is 2. The average Bonchev–Trinajstić information content (AvgIpc) is 2.90. The van der Waals surface area contributed by atoms with Crippen LogP contribution in [-0.2, 0) is 11.3 Å². The lowest BCUT2D eigenvalue weighted by molar-refractivity contribution is -0.137. The Balaban J connectivity index is 1.98. The minimum absolute atomic E-state index is 0.261. The van der Waals surface area contributed by atoms with Gasteiger partial charge in [0.15, 0.2) is 0 Å². The topological polar surface area (TPSA) is 125 Å². The third kappa shape index (κ3) is 3.13. The molecule has 2 aromatic rings. The first-order chi connectivity index (χ1) is 9.45. The maximum absolute atomic E-state index is 11.8. The predicted molar refractivity (Wildman–Crippen MR) is 70.6 cm³/mol. The number of nitrogens with zero attached hydrogens (tertiary/aromatic N) is 3. The molecule has 106 valence electrons. The number of rotatable bonds is 4. The molecule has 0 saturated heterocycles. The maximum Gasteiger partial charge on any atom is 0.325 e. The van der Waals surface area contributed by atoms with E-state index in [0.717, 1.165) is 5.69 Å². The molecular weight excluding hydrogens is 264 g/mol. The second kappa shape index (κ2) is 5.43. The van der Waals surface area contributed by atoms with E-state index in [-0.39, 0.29) is 6.54 Å². The van der Waals surface area contributed by atoms with Crippen molar-refractivity contribution in [3.63, 3.8) is 0 Å². The van der Waals surface area contributed by atoms with Crippen LogP contribution in [0.4, 0.5) is 16.2 Å². The van der Waals surface area contributed by atoms with E-state index in [1.807, 2.05) is 0 Å². The van der Waals surface area contributed by atoms with Gasteiger partial charge in [0.2, 0.25) is 0 Å². The van der Waals surface area contributed by atoms with Crippen LogP contribution in [0.25, 0.3) is 0 Å². The van der Waals surface area contributed by atoms with Crippen LogP contribution >= 0.6 is 0 Å². The molecule has 9 nitrogen and oxygen atoms in total. The van der Waals surface area contributed by atoms with E-state index in [4.69, 9.17) is 5.11 Å². The third-order valence-electron chi connectivity index (χ3n) is 2.56. The zero-order valence-electron chi connectivity index (χ0n) is 11.0. The molecule has 0 fully saturated rings. The molecule has 0 aromatic carbocycles. The van der Waals surface area contributed by atoms with Gasteiger partial charge in [0, 0.05) is 6.20 Å². The molecule has 0 atom stereocenters. The molecule has 2 rings (SSSR count). The Bertz CT molecular complexity index is 625. The highest BCUT2D eigenvalue weighted by Crippen LogP contribution is 2.16. The minimum atomic E-state index is -1.01. The molecule has 0 bridgehead atoms.